The number of aliphatic hydroxyl groups excluding tert-OH is 6. The fourth-order valence-corrected chi connectivity index (χ4v) is 3.51. The van der Waals surface area contributed by atoms with Crippen LogP contribution >= 0.6 is 0 Å². The van der Waals surface area contributed by atoms with E-state index in [0.29, 0.717) is 0 Å². The summed E-state index contributed by atoms with van der Waals surface area (Å²) in [5.74, 6) is -0.521. The average Bonchev–Trinajstić information content (AvgIpc) is 2.57. The molecule has 0 bridgehead atoms. The first-order valence-corrected chi connectivity index (χ1v) is 8.93. The molecule has 0 aromatic rings. The maximum Gasteiger partial charge on any atom is 0.187 e. The molecule has 2 saturated heterocycles. The Bertz CT molecular complexity index is 452. The highest BCUT2D eigenvalue weighted by Crippen LogP contribution is 2.36. The molecule has 0 aromatic heterocycles. The van der Waals surface area contributed by atoms with Crippen LogP contribution in [0.15, 0.2) is 0 Å². The third kappa shape index (κ3) is 4.21. The maximum absolute atomic E-state index is 10.7. The van der Waals surface area contributed by atoms with Crippen molar-refractivity contribution in [3.8, 4) is 0 Å². The molecule has 6 N–H and O–H groups in total. The zero-order chi connectivity index (χ0) is 19.8. The summed E-state index contributed by atoms with van der Waals surface area (Å²) in [6.45, 7) is 6.28. The molecule has 10 atom stereocenters. The second kappa shape index (κ2) is 8.34. The molecule has 0 aromatic carbocycles. The van der Waals surface area contributed by atoms with Crippen LogP contribution in [0.5, 0.6) is 0 Å². The highest BCUT2D eigenvalue weighted by atomic mass is 16.7. The smallest absolute Gasteiger partial charge is 0.187 e. The molecular formula is C17H32O9. The van der Waals surface area contributed by atoms with Gasteiger partial charge in [0.05, 0.1) is 31.5 Å². The molecule has 2 rings (SSSR count). The summed E-state index contributed by atoms with van der Waals surface area (Å²) in [6.07, 6.45) is -10.3. The third-order valence-corrected chi connectivity index (χ3v) is 5.25. The van der Waals surface area contributed by atoms with Gasteiger partial charge in [0.2, 0.25) is 0 Å². The van der Waals surface area contributed by atoms with Gasteiger partial charge >= 0.3 is 0 Å². The Morgan fingerprint density at radius 2 is 1.38 bits per heavy atom. The van der Waals surface area contributed by atoms with Crippen LogP contribution in [0.1, 0.15) is 27.7 Å². The quantitative estimate of drug-likeness (QED) is 0.325. The lowest BCUT2D eigenvalue weighted by atomic mass is 9.80. The number of rotatable bonds is 4. The molecule has 2 aliphatic rings. The first-order valence-electron chi connectivity index (χ1n) is 8.93. The van der Waals surface area contributed by atoms with E-state index in [9.17, 15) is 30.6 Å². The van der Waals surface area contributed by atoms with Crippen molar-refractivity contribution in [2.24, 2.45) is 11.3 Å². The van der Waals surface area contributed by atoms with Gasteiger partial charge in [0.1, 0.15) is 30.5 Å². The van der Waals surface area contributed by atoms with Crippen molar-refractivity contribution in [3.05, 3.63) is 0 Å². The van der Waals surface area contributed by atoms with Gasteiger partial charge in [-0.25, -0.2) is 0 Å². The monoisotopic (exact) mass is 380 g/mol. The first-order chi connectivity index (χ1) is 12.0. The summed E-state index contributed by atoms with van der Waals surface area (Å²) < 4.78 is 16.8. The summed E-state index contributed by atoms with van der Waals surface area (Å²) in [7, 11) is 0. The summed E-state index contributed by atoms with van der Waals surface area (Å²) in [5.41, 5.74) is -0.512. The fraction of sp³-hybridized carbons (Fsp3) is 1.00. The van der Waals surface area contributed by atoms with Gasteiger partial charge in [-0.3, -0.25) is 0 Å². The van der Waals surface area contributed by atoms with Crippen molar-refractivity contribution in [3.63, 3.8) is 0 Å². The van der Waals surface area contributed by atoms with Gasteiger partial charge in [-0.15, -0.1) is 0 Å². The molecule has 2 fully saturated rings. The lowest BCUT2D eigenvalue weighted by Crippen LogP contribution is -2.65. The Hall–Kier alpha value is -0.360. The Balaban J connectivity index is 2.21. The molecule has 0 spiro atoms. The molecule has 9 heteroatoms. The highest BCUT2D eigenvalue weighted by Gasteiger charge is 2.52. The summed E-state index contributed by atoms with van der Waals surface area (Å²) in [6, 6.07) is 0. The summed E-state index contributed by atoms with van der Waals surface area (Å²) >= 11 is 0. The molecule has 0 saturated carbocycles. The van der Waals surface area contributed by atoms with Crippen molar-refractivity contribution in [2.75, 3.05) is 13.2 Å². The van der Waals surface area contributed by atoms with Crippen molar-refractivity contribution in [1.29, 1.82) is 0 Å². The molecular weight excluding hydrogens is 348 g/mol. The van der Waals surface area contributed by atoms with E-state index in [-0.39, 0.29) is 6.61 Å². The van der Waals surface area contributed by atoms with Crippen LogP contribution in [-0.2, 0) is 14.2 Å². The topological polar surface area (TPSA) is 149 Å². The zero-order valence-electron chi connectivity index (χ0n) is 15.6. The summed E-state index contributed by atoms with van der Waals surface area (Å²) in [5, 5.41) is 60.4. The number of hydrogen-bond acceptors (Lipinski definition) is 9. The zero-order valence-corrected chi connectivity index (χ0v) is 15.6. The van der Waals surface area contributed by atoms with E-state index in [1.54, 1.807) is 6.92 Å². The van der Waals surface area contributed by atoms with Gasteiger partial charge in [0, 0.05) is 5.92 Å². The van der Waals surface area contributed by atoms with Crippen LogP contribution < -0.4 is 0 Å². The third-order valence-electron chi connectivity index (χ3n) is 5.25. The largest absolute Gasteiger partial charge is 0.394 e. The lowest BCUT2D eigenvalue weighted by molar-refractivity contribution is -0.340. The van der Waals surface area contributed by atoms with Crippen LogP contribution in [0.2, 0.25) is 0 Å². The van der Waals surface area contributed by atoms with Gasteiger partial charge in [0.25, 0.3) is 0 Å². The van der Waals surface area contributed by atoms with Gasteiger partial charge < -0.3 is 44.8 Å². The number of hydrogen-bond donors (Lipinski definition) is 6. The average molecular weight is 380 g/mol. The number of ether oxygens (including phenoxy) is 3. The van der Waals surface area contributed by atoms with Crippen LogP contribution in [0.3, 0.4) is 0 Å². The molecule has 2 heterocycles. The van der Waals surface area contributed by atoms with Crippen molar-refractivity contribution < 1.29 is 44.8 Å². The Morgan fingerprint density at radius 3 is 1.88 bits per heavy atom. The van der Waals surface area contributed by atoms with Gasteiger partial charge in [-0.05, 0) is 5.41 Å². The molecule has 9 nitrogen and oxygen atoms in total. The van der Waals surface area contributed by atoms with Crippen molar-refractivity contribution >= 4 is 0 Å². The standard InChI is InChI=1S/C17H32O9/c1-7-8(5-18)25-16(12(22)10(7)20)26-14-11(21)9(6-19)24-15(13(14)23)17(2,3)4/h7-16,18-23H,5-6H2,1-4H3/t7-,8-,9-,10+,11-,12-,13-,14+,15?,16+/m1/s1. The van der Waals surface area contributed by atoms with E-state index in [4.69, 9.17) is 14.2 Å². The van der Waals surface area contributed by atoms with Crippen molar-refractivity contribution in [2.45, 2.75) is 82.8 Å². The van der Waals surface area contributed by atoms with Gasteiger partial charge in [0.15, 0.2) is 6.29 Å². The van der Waals surface area contributed by atoms with Crippen molar-refractivity contribution in [1.82, 2.24) is 0 Å². The summed E-state index contributed by atoms with van der Waals surface area (Å²) in [4.78, 5) is 0. The van der Waals surface area contributed by atoms with E-state index in [0.717, 1.165) is 0 Å². The molecule has 0 radical (unpaired) electrons. The molecule has 0 aliphatic carbocycles. The van der Waals surface area contributed by atoms with Crippen LogP contribution in [0.25, 0.3) is 0 Å². The first kappa shape index (κ1) is 21.9. The Morgan fingerprint density at radius 1 is 0.808 bits per heavy atom. The predicted octanol–water partition coefficient (Wildman–Crippen LogP) is -2.03. The molecule has 2 aliphatic heterocycles. The van der Waals surface area contributed by atoms with Gasteiger partial charge in [-0.1, -0.05) is 27.7 Å². The van der Waals surface area contributed by atoms with Crippen LogP contribution in [0.4, 0.5) is 0 Å². The minimum Gasteiger partial charge on any atom is -0.394 e. The molecule has 1 unspecified atom stereocenters. The Labute approximate surface area is 153 Å². The second-order valence-corrected chi connectivity index (χ2v) is 8.29. The normalized spacial score (nSPS) is 47.8. The minimum atomic E-state index is -1.42. The SMILES string of the molecule is C[C@H]1[C@H](O)[C@@H](O)[C@H](O[C@H]2[C@H](O)[C@@H](CO)OC(C(C)(C)C)[C@@H]2O)O[C@@H]1CO. The van der Waals surface area contributed by atoms with E-state index in [2.05, 4.69) is 0 Å². The highest BCUT2D eigenvalue weighted by molar-refractivity contribution is 4.98. The minimum absolute atomic E-state index is 0.381. The predicted molar refractivity (Wildman–Crippen MR) is 89.0 cm³/mol. The fourth-order valence-electron chi connectivity index (χ4n) is 3.51. The van der Waals surface area contributed by atoms with Crippen LogP contribution in [0, 0.1) is 11.3 Å². The van der Waals surface area contributed by atoms with E-state index in [1.807, 2.05) is 20.8 Å². The van der Waals surface area contributed by atoms with E-state index in [1.165, 1.54) is 0 Å². The van der Waals surface area contributed by atoms with E-state index < -0.39 is 73.1 Å². The second-order valence-electron chi connectivity index (χ2n) is 8.29. The van der Waals surface area contributed by atoms with Gasteiger partial charge in [-0.2, -0.15) is 0 Å². The number of aliphatic hydroxyl groups is 6. The molecule has 26 heavy (non-hydrogen) atoms. The van der Waals surface area contributed by atoms with Crippen LogP contribution in [-0.4, -0.2) is 99.0 Å². The molecule has 154 valence electrons. The maximum atomic E-state index is 10.7. The Kier molecular flexibility index (Phi) is 7.03. The lowest BCUT2D eigenvalue weighted by Gasteiger charge is -2.49. The van der Waals surface area contributed by atoms with E-state index >= 15 is 0 Å². The molecule has 0 amide bonds.